The molecule has 0 bridgehead atoms. The molecule has 1 heterocycles. The molecule has 1 aromatic heterocycles. The van der Waals surface area contributed by atoms with Crippen LogP contribution in [-0.4, -0.2) is 11.7 Å². The summed E-state index contributed by atoms with van der Waals surface area (Å²) in [7, 11) is 0. The van der Waals surface area contributed by atoms with Gasteiger partial charge in [-0.15, -0.1) is 11.3 Å². The molecule has 2 nitrogen and oxygen atoms in total. The minimum absolute atomic E-state index is 0.478. The molecular formula is C12H11Br2NOS. The third kappa shape index (κ3) is 3.31. The van der Waals surface area contributed by atoms with Crippen molar-refractivity contribution in [2.45, 2.75) is 6.10 Å². The molecule has 17 heavy (non-hydrogen) atoms. The zero-order valence-corrected chi connectivity index (χ0v) is 12.8. The van der Waals surface area contributed by atoms with E-state index in [2.05, 4.69) is 37.2 Å². The maximum atomic E-state index is 9.97. The van der Waals surface area contributed by atoms with Crippen LogP contribution in [0.15, 0.2) is 44.7 Å². The lowest BCUT2D eigenvalue weighted by Crippen LogP contribution is -2.11. The molecule has 5 heteroatoms. The molecule has 1 aromatic carbocycles. The number of hydrogen-bond acceptors (Lipinski definition) is 3. The highest BCUT2D eigenvalue weighted by molar-refractivity contribution is 9.11. The summed E-state index contributed by atoms with van der Waals surface area (Å²) >= 11 is 8.51. The minimum Gasteiger partial charge on any atom is -0.386 e. The molecule has 0 aliphatic carbocycles. The molecule has 0 aliphatic rings. The first-order valence-corrected chi connectivity index (χ1v) is 7.54. The minimum atomic E-state index is -0.478. The Balaban J connectivity index is 2.03. The van der Waals surface area contributed by atoms with Crippen molar-refractivity contribution in [2.24, 2.45) is 0 Å². The average molecular weight is 377 g/mol. The lowest BCUT2D eigenvalue weighted by molar-refractivity contribution is 0.195. The van der Waals surface area contributed by atoms with Gasteiger partial charge in [0.15, 0.2) is 0 Å². The number of nitrogens with one attached hydrogen (secondary N) is 1. The zero-order valence-electron chi connectivity index (χ0n) is 8.86. The molecule has 0 spiro atoms. The van der Waals surface area contributed by atoms with Crippen LogP contribution in [0.1, 0.15) is 11.0 Å². The van der Waals surface area contributed by atoms with Crippen molar-refractivity contribution < 1.29 is 5.11 Å². The number of aliphatic hydroxyl groups is 1. The van der Waals surface area contributed by atoms with E-state index in [9.17, 15) is 5.11 Å². The Morgan fingerprint density at radius 1 is 1.18 bits per heavy atom. The van der Waals surface area contributed by atoms with Gasteiger partial charge in [0, 0.05) is 20.4 Å². The van der Waals surface area contributed by atoms with Gasteiger partial charge >= 0.3 is 0 Å². The second-order valence-corrected chi connectivity index (χ2v) is 6.20. The lowest BCUT2D eigenvalue weighted by atomic mass is 10.2. The smallest absolute Gasteiger partial charge is 0.105 e. The van der Waals surface area contributed by atoms with Crippen molar-refractivity contribution >= 4 is 48.9 Å². The third-order valence-corrected chi connectivity index (χ3v) is 4.60. The van der Waals surface area contributed by atoms with E-state index in [0.29, 0.717) is 6.54 Å². The fourth-order valence-electron chi connectivity index (χ4n) is 1.45. The van der Waals surface area contributed by atoms with Crippen molar-refractivity contribution in [3.05, 3.63) is 49.5 Å². The summed E-state index contributed by atoms with van der Waals surface area (Å²) in [5, 5.41) is 15.2. The van der Waals surface area contributed by atoms with Crippen LogP contribution in [0.5, 0.6) is 0 Å². The van der Waals surface area contributed by atoms with Crippen LogP contribution in [0, 0.1) is 0 Å². The normalized spacial score (nSPS) is 12.4. The van der Waals surface area contributed by atoms with E-state index < -0.39 is 6.10 Å². The summed E-state index contributed by atoms with van der Waals surface area (Å²) < 4.78 is 1.95. The van der Waals surface area contributed by atoms with Crippen molar-refractivity contribution in [3.8, 4) is 0 Å². The maximum Gasteiger partial charge on any atom is 0.105 e. The van der Waals surface area contributed by atoms with Crippen LogP contribution < -0.4 is 5.32 Å². The number of halogens is 2. The van der Waals surface area contributed by atoms with E-state index in [4.69, 9.17) is 0 Å². The fourth-order valence-corrected chi connectivity index (χ4v) is 3.44. The maximum absolute atomic E-state index is 9.97. The van der Waals surface area contributed by atoms with Gasteiger partial charge in [-0.05, 0) is 55.4 Å². The Morgan fingerprint density at radius 3 is 2.47 bits per heavy atom. The van der Waals surface area contributed by atoms with Gasteiger partial charge in [-0.2, -0.15) is 0 Å². The largest absolute Gasteiger partial charge is 0.386 e. The second kappa shape index (κ2) is 6.00. The Kier molecular flexibility index (Phi) is 4.62. The number of rotatable bonds is 4. The standard InChI is InChI=1S/C12H11Br2NOS/c13-8-3-1-4-9(14)12(8)15-7-10(16)11-5-2-6-17-11/h1-6,10,15-16H,7H2. The van der Waals surface area contributed by atoms with Gasteiger partial charge in [0.05, 0.1) is 5.69 Å². The highest BCUT2D eigenvalue weighted by Crippen LogP contribution is 2.31. The van der Waals surface area contributed by atoms with Crippen LogP contribution in [0.25, 0.3) is 0 Å². The first-order chi connectivity index (χ1) is 8.18. The fraction of sp³-hybridized carbons (Fsp3) is 0.167. The quantitative estimate of drug-likeness (QED) is 0.827. The van der Waals surface area contributed by atoms with E-state index >= 15 is 0 Å². The van der Waals surface area contributed by atoms with Crippen LogP contribution in [0.3, 0.4) is 0 Å². The van der Waals surface area contributed by atoms with E-state index in [1.807, 2.05) is 35.7 Å². The second-order valence-electron chi connectivity index (χ2n) is 3.51. The Hall–Kier alpha value is -0.360. The molecule has 0 aliphatic heterocycles. The molecule has 2 aromatic rings. The Bertz CT molecular complexity index is 467. The molecule has 0 radical (unpaired) electrons. The molecule has 0 fully saturated rings. The van der Waals surface area contributed by atoms with Crippen LogP contribution in [-0.2, 0) is 0 Å². The van der Waals surface area contributed by atoms with E-state index in [0.717, 1.165) is 19.5 Å². The van der Waals surface area contributed by atoms with Crippen LogP contribution in [0.4, 0.5) is 5.69 Å². The van der Waals surface area contributed by atoms with Crippen LogP contribution >= 0.6 is 43.2 Å². The van der Waals surface area contributed by atoms with Gasteiger partial charge in [-0.1, -0.05) is 12.1 Å². The van der Waals surface area contributed by atoms with Gasteiger partial charge in [0.25, 0.3) is 0 Å². The number of anilines is 1. The first-order valence-electron chi connectivity index (χ1n) is 5.08. The van der Waals surface area contributed by atoms with Crippen molar-refractivity contribution in [3.63, 3.8) is 0 Å². The van der Waals surface area contributed by atoms with E-state index in [1.165, 1.54) is 0 Å². The molecular weight excluding hydrogens is 366 g/mol. The van der Waals surface area contributed by atoms with Gasteiger partial charge in [-0.3, -0.25) is 0 Å². The highest BCUT2D eigenvalue weighted by atomic mass is 79.9. The Morgan fingerprint density at radius 2 is 1.88 bits per heavy atom. The molecule has 0 saturated carbocycles. The van der Waals surface area contributed by atoms with Gasteiger partial charge in [0.2, 0.25) is 0 Å². The zero-order chi connectivity index (χ0) is 12.3. The number of thiophene rings is 1. The van der Waals surface area contributed by atoms with E-state index in [-0.39, 0.29) is 0 Å². The number of para-hydroxylation sites is 1. The van der Waals surface area contributed by atoms with Gasteiger partial charge in [-0.25, -0.2) is 0 Å². The predicted molar refractivity (Wildman–Crippen MR) is 79.6 cm³/mol. The summed E-state index contributed by atoms with van der Waals surface area (Å²) in [6, 6.07) is 9.76. The number of benzene rings is 1. The number of hydrogen-bond donors (Lipinski definition) is 2. The van der Waals surface area contributed by atoms with Crippen molar-refractivity contribution in [1.82, 2.24) is 0 Å². The van der Waals surface area contributed by atoms with Crippen LogP contribution in [0.2, 0.25) is 0 Å². The van der Waals surface area contributed by atoms with Gasteiger partial charge in [0.1, 0.15) is 6.10 Å². The average Bonchev–Trinajstić information content (AvgIpc) is 2.81. The number of aliphatic hydroxyl groups excluding tert-OH is 1. The molecule has 2 rings (SSSR count). The van der Waals surface area contributed by atoms with Crippen molar-refractivity contribution in [1.29, 1.82) is 0 Å². The summed E-state index contributed by atoms with van der Waals surface area (Å²) in [5.74, 6) is 0. The summed E-state index contributed by atoms with van der Waals surface area (Å²) in [6.07, 6.45) is -0.478. The predicted octanol–water partition coefficient (Wildman–Crippen LogP) is 4.42. The first kappa shape index (κ1) is 13.1. The van der Waals surface area contributed by atoms with Gasteiger partial charge < -0.3 is 10.4 Å². The summed E-state index contributed by atoms with van der Waals surface area (Å²) in [6.45, 7) is 0.488. The molecule has 2 N–H and O–H groups in total. The molecule has 90 valence electrons. The third-order valence-electron chi connectivity index (χ3n) is 2.31. The lowest BCUT2D eigenvalue weighted by Gasteiger charge is -2.14. The molecule has 1 atom stereocenters. The SMILES string of the molecule is OC(CNc1c(Br)cccc1Br)c1cccs1. The molecule has 1 unspecified atom stereocenters. The highest BCUT2D eigenvalue weighted by Gasteiger charge is 2.10. The van der Waals surface area contributed by atoms with E-state index in [1.54, 1.807) is 11.3 Å². The monoisotopic (exact) mass is 375 g/mol. The summed E-state index contributed by atoms with van der Waals surface area (Å²) in [5.41, 5.74) is 0.961. The molecule has 0 saturated heterocycles. The van der Waals surface area contributed by atoms with Crippen molar-refractivity contribution in [2.75, 3.05) is 11.9 Å². The summed E-state index contributed by atoms with van der Waals surface area (Å²) in [4.78, 5) is 0.973. The molecule has 0 amide bonds. The Labute approximate surface area is 121 Å². The topological polar surface area (TPSA) is 32.3 Å².